The molecular weight excluding hydrogens is 937 g/mol. The summed E-state index contributed by atoms with van der Waals surface area (Å²) in [5.41, 5.74) is 21.0. The summed E-state index contributed by atoms with van der Waals surface area (Å²) in [6.07, 6.45) is 1.54. The number of aromatic nitrogens is 2. The Balaban J connectivity index is 0.813. The normalized spacial score (nSPS) is 15.4. The minimum absolute atomic E-state index is 0.00341. The van der Waals surface area contributed by atoms with Crippen LogP contribution in [0.1, 0.15) is 86.0 Å². The fourth-order valence-electron chi connectivity index (χ4n) is 10.9. The van der Waals surface area contributed by atoms with E-state index in [1.807, 2.05) is 12.1 Å². The Morgan fingerprint density at radius 3 is 1.11 bits per heavy atom. The highest BCUT2D eigenvalue weighted by atomic mass is 16.4. The van der Waals surface area contributed by atoms with Crippen LogP contribution in [0.4, 0.5) is 22.7 Å². The molecule has 0 saturated carbocycles. The van der Waals surface area contributed by atoms with Crippen molar-refractivity contribution >= 4 is 56.4 Å². The predicted octanol–water partition coefficient (Wildman–Crippen LogP) is 16.0. The van der Waals surface area contributed by atoms with Gasteiger partial charge in [-0.3, -0.25) is 10.0 Å². The number of fused-ring (bicyclic) bond motifs is 2. The fourth-order valence-corrected chi connectivity index (χ4v) is 10.9. The van der Waals surface area contributed by atoms with Gasteiger partial charge >= 0.3 is 0 Å². The van der Waals surface area contributed by atoms with Crippen molar-refractivity contribution < 1.29 is 8.83 Å². The van der Waals surface area contributed by atoms with Crippen molar-refractivity contribution in [2.75, 3.05) is 46.0 Å². The number of hydrogen-bond acceptors (Lipinski definition) is 10. The molecular formula is C66H62N8O2. The van der Waals surface area contributed by atoms with Gasteiger partial charge in [-0.1, -0.05) is 84.9 Å². The summed E-state index contributed by atoms with van der Waals surface area (Å²) in [5.74, 6) is 1.22. The van der Waals surface area contributed by atoms with Crippen molar-refractivity contribution in [1.29, 1.82) is 0 Å². The molecule has 10 heteroatoms. The van der Waals surface area contributed by atoms with Crippen LogP contribution < -0.4 is 19.8 Å². The second kappa shape index (κ2) is 20.5. The molecule has 76 heavy (non-hydrogen) atoms. The molecule has 2 unspecified atom stereocenters. The lowest BCUT2D eigenvalue weighted by molar-refractivity contribution is 0.619. The van der Waals surface area contributed by atoms with Gasteiger partial charge in [0, 0.05) is 61.5 Å². The van der Waals surface area contributed by atoms with E-state index in [9.17, 15) is 0 Å². The minimum Gasteiger partial charge on any atom is -0.436 e. The number of anilines is 4. The Hall–Kier alpha value is -8.76. The molecule has 0 fully saturated rings. The number of rotatable bonds is 15. The fraction of sp³-hybridized carbons (Fsp3) is 0.212. The molecule has 378 valence electrons. The molecule has 2 atom stereocenters. The highest BCUT2D eigenvalue weighted by Crippen LogP contribution is 2.41. The molecule has 2 aliphatic heterocycles. The van der Waals surface area contributed by atoms with E-state index < -0.39 is 0 Å². The zero-order chi connectivity index (χ0) is 51.9. The third kappa shape index (κ3) is 9.40. The number of hydrogen-bond donors (Lipinski definition) is 0. The summed E-state index contributed by atoms with van der Waals surface area (Å²) in [6, 6.07) is 64.9. The lowest BCUT2D eigenvalue weighted by Gasteiger charge is -2.25. The molecule has 0 spiro atoms. The van der Waals surface area contributed by atoms with Crippen LogP contribution in [0, 0.1) is 13.8 Å². The first-order valence-corrected chi connectivity index (χ1v) is 26.8. The first kappa shape index (κ1) is 48.2. The van der Waals surface area contributed by atoms with E-state index >= 15 is 0 Å². The first-order chi connectivity index (χ1) is 37.2. The van der Waals surface area contributed by atoms with Gasteiger partial charge < -0.3 is 18.6 Å². The molecule has 0 radical (unpaired) electrons. The maximum atomic E-state index is 6.18. The van der Waals surface area contributed by atoms with Crippen LogP contribution in [0.2, 0.25) is 0 Å². The molecule has 12 rings (SSSR count). The van der Waals surface area contributed by atoms with Gasteiger partial charge in [0.25, 0.3) is 0 Å². The van der Waals surface area contributed by atoms with Crippen LogP contribution in [0.5, 0.6) is 0 Å². The van der Waals surface area contributed by atoms with Gasteiger partial charge in [0.05, 0.1) is 34.9 Å². The lowest BCUT2D eigenvalue weighted by Crippen LogP contribution is -2.21. The summed E-state index contributed by atoms with van der Waals surface area (Å²) < 4.78 is 12.4. The number of nitrogens with zero attached hydrogens (tertiary/aromatic N) is 8. The molecule has 10 aromatic rings. The average molecular weight is 999 g/mol. The Morgan fingerprint density at radius 2 is 0.750 bits per heavy atom. The maximum absolute atomic E-state index is 6.18. The zero-order valence-electron chi connectivity index (χ0n) is 44.1. The van der Waals surface area contributed by atoms with Crippen LogP contribution in [0.15, 0.2) is 201 Å². The molecule has 0 amide bonds. The van der Waals surface area contributed by atoms with Gasteiger partial charge in [-0.25, -0.2) is 9.97 Å². The van der Waals surface area contributed by atoms with E-state index in [-0.39, 0.29) is 12.1 Å². The van der Waals surface area contributed by atoms with Gasteiger partial charge in [0.2, 0.25) is 11.8 Å². The summed E-state index contributed by atoms with van der Waals surface area (Å²) in [7, 11) is 0. The maximum Gasteiger partial charge on any atom is 0.227 e. The zero-order valence-corrected chi connectivity index (χ0v) is 44.1. The number of benzene rings is 8. The van der Waals surface area contributed by atoms with Crippen LogP contribution in [-0.2, 0) is 0 Å². The summed E-state index contributed by atoms with van der Waals surface area (Å²) >= 11 is 0. The molecule has 2 aromatic heterocycles. The van der Waals surface area contributed by atoms with Gasteiger partial charge in [-0.05, 0) is 183 Å². The van der Waals surface area contributed by atoms with E-state index in [0.717, 1.165) is 129 Å². The van der Waals surface area contributed by atoms with Crippen molar-refractivity contribution in [2.24, 2.45) is 10.2 Å². The van der Waals surface area contributed by atoms with E-state index in [0.29, 0.717) is 11.8 Å². The number of oxazole rings is 2. The van der Waals surface area contributed by atoms with Gasteiger partial charge in [-0.2, -0.15) is 10.2 Å². The lowest BCUT2D eigenvalue weighted by atomic mass is 9.94. The van der Waals surface area contributed by atoms with Crippen LogP contribution in [0.3, 0.4) is 0 Å². The third-order valence-electron chi connectivity index (χ3n) is 15.2. The molecule has 0 N–H and O–H groups in total. The molecule has 0 aliphatic carbocycles. The Morgan fingerprint density at radius 1 is 0.408 bits per heavy atom. The number of hydrazone groups is 2. The quantitative estimate of drug-likeness (QED) is 0.100. The van der Waals surface area contributed by atoms with Crippen molar-refractivity contribution in [3.8, 4) is 34.0 Å². The minimum atomic E-state index is -0.00341. The summed E-state index contributed by atoms with van der Waals surface area (Å²) in [4.78, 5) is 14.4. The molecule has 0 saturated heterocycles. The standard InChI is InChI=1S/C66H62N8O2/c1-7-71(8-2)53-29-21-47(22-30-53)57-41-61(73(69-57)55-33-25-51(26-34-55)65-67-59-39-43(5)11-37-63(59)75-65)49-17-13-45(14-18-49)46-15-19-50(20-16-46)62-42-58(48-23-31-54(32-24-48)72(9-3)10-4)70-74(62)56-35-27-52(28-36-56)66-68-60-40-44(6)12-38-64(60)76-66/h11-40,61-62H,7-10,41-42H2,1-6H3. The van der Waals surface area contributed by atoms with Crippen molar-refractivity contribution in [2.45, 2.75) is 66.5 Å². The van der Waals surface area contributed by atoms with Gasteiger partial charge in [-0.15, -0.1) is 0 Å². The smallest absolute Gasteiger partial charge is 0.227 e. The third-order valence-corrected chi connectivity index (χ3v) is 15.2. The molecule has 8 aromatic carbocycles. The average Bonchev–Trinajstić information content (AvgIpc) is 4.30. The number of aryl methyl sites for hydroxylation is 2. The molecule has 10 nitrogen and oxygen atoms in total. The highest BCUT2D eigenvalue weighted by molar-refractivity contribution is 6.04. The molecule has 4 heterocycles. The monoisotopic (exact) mass is 998 g/mol. The largest absolute Gasteiger partial charge is 0.436 e. The van der Waals surface area contributed by atoms with Crippen molar-refractivity contribution in [3.63, 3.8) is 0 Å². The van der Waals surface area contributed by atoms with Gasteiger partial charge in [0.15, 0.2) is 11.2 Å². The Labute approximate surface area is 445 Å². The van der Waals surface area contributed by atoms with E-state index in [4.69, 9.17) is 29.0 Å². The van der Waals surface area contributed by atoms with Crippen LogP contribution in [0.25, 0.3) is 56.2 Å². The van der Waals surface area contributed by atoms with E-state index in [1.165, 1.54) is 22.5 Å². The van der Waals surface area contributed by atoms with E-state index in [2.05, 4.69) is 231 Å². The van der Waals surface area contributed by atoms with Crippen molar-refractivity contribution in [3.05, 3.63) is 215 Å². The second-order valence-corrected chi connectivity index (χ2v) is 20.0. The van der Waals surface area contributed by atoms with Crippen LogP contribution in [-0.4, -0.2) is 47.6 Å². The summed E-state index contributed by atoms with van der Waals surface area (Å²) in [6.45, 7) is 16.8. The second-order valence-electron chi connectivity index (χ2n) is 20.0. The first-order valence-electron chi connectivity index (χ1n) is 26.8. The predicted molar refractivity (Wildman–Crippen MR) is 313 cm³/mol. The van der Waals surface area contributed by atoms with Crippen LogP contribution >= 0.6 is 0 Å². The summed E-state index contributed by atoms with van der Waals surface area (Å²) in [5, 5.41) is 15.1. The van der Waals surface area contributed by atoms with E-state index in [1.54, 1.807) is 0 Å². The highest BCUT2D eigenvalue weighted by Gasteiger charge is 2.32. The SMILES string of the molecule is CCN(CC)c1ccc(C2=NN(c3ccc(-c4nc5cc(C)ccc5o4)cc3)C(c3ccc(-c4ccc(C5CC(c6ccc(N(CC)CC)cc6)=NN5c5ccc(-c6nc7cc(C)ccc7o6)cc5)cc4)cc3)C2)cc1. The van der Waals surface area contributed by atoms with Gasteiger partial charge in [0.1, 0.15) is 11.0 Å². The topological polar surface area (TPSA) is 89.7 Å². The Kier molecular flexibility index (Phi) is 13.0. The Bertz CT molecular complexity index is 3470. The molecule has 2 aliphatic rings. The van der Waals surface area contributed by atoms with Crippen molar-refractivity contribution in [1.82, 2.24) is 9.97 Å². The molecule has 0 bridgehead atoms.